The van der Waals surface area contributed by atoms with Crippen molar-refractivity contribution in [3.8, 4) is 0 Å². The summed E-state index contributed by atoms with van der Waals surface area (Å²) in [7, 11) is 0. The maximum Gasteiger partial charge on any atom is 0.338 e. The summed E-state index contributed by atoms with van der Waals surface area (Å²) in [5, 5.41) is 0. The van der Waals surface area contributed by atoms with Crippen molar-refractivity contribution in [2.75, 3.05) is 6.61 Å². The molecule has 0 aliphatic heterocycles. The number of hydrogen-bond acceptors (Lipinski definition) is 2. The van der Waals surface area contributed by atoms with Crippen molar-refractivity contribution in [2.45, 2.75) is 65.2 Å². The highest BCUT2D eigenvalue weighted by molar-refractivity contribution is 5.90. The molecule has 2 heteroatoms. The second kappa shape index (κ2) is 7.58. The average Bonchev–Trinajstić information content (AvgIpc) is 2.66. The molecule has 3 rings (SSSR count). The molecule has 2 aromatic rings. The summed E-state index contributed by atoms with van der Waals surface area (Å²) in [4.78, 5) is 11.8. The molecule has 0 atom stereocenters. The van der Waals surface area contributed by atoms with Gasteiger partial charge in [0.25, 0.3) is 0 Å². The van der Waals surface area contributed by atoms with Crippen molar-refractivity contribution < 1.29 is 9.53 Å². The van der Waals surface area contributed by atoms with E-state index in [-0.39, 0.29) is 16.8 Å². The molecular formula is C26H32O2. The van der Waals surface area contributed by atoms with Gasteiger partial charge in [-0.3, -0.25) is 0 Å². The monoisotopic (exact) mass is 376 g/mol. The van der Waals surface area contributed by atoms with Gasteiger partial charge in [0.05, 0.1) is 12.2 Å². The van der Waals surface area contributed by atoms with Gasteiger partial charge < -0.3 is 4.74 Å². The number of hydrogen-bond donors (Lipinski definition) is 0. The number of allylic oxidation sites excluding steroid dienone is 1. The highest BCUT2D eigenvalue weighted by Gasteiger charge is 2.36. The van der Waals surface area contributed by atoms with Gasteiger partial charge in [-0.1, -0.05) is 64.1 Å². The molecule has 0 radical (unpaired) electrons. The Morgan fingerprint density at radius 1 is 0.929 bits per heavy atom. The summed E-state index contributed by atoms with van der Waals surface area (Å²) in [5.41, 5.74) is 7.58. The van der Waals surface area contributed by atoms with Crippen LogP contribution in [-0.4, -0.2) is 12.6 Å². The lowest BCUT2D eigenvalue weighted by Crippen LogP contribution is -2.33. The van der Waals surface area contributed by atoms with E-state index in [1.807, 2.05) is 31.2 Å². The number of ether oxygens (including phenoxy) is 1. The first-order valence-electron chi connectivity index (χ1n) is 10.2. The predicted octanol–water partition coefficient (Wildman–Crippen LogP) is 6.77. The Labute approximate surface area is 169 Å². The van der Waals surface area contributed by atoms with Crippen LogP contribution in [0.5, 0.6) is 0 Å². The van der Waals surface area contributed by atoms with E-state index in [2.05, 4.69) is 58.9 Å². The summed E-state index contributed by atoms with van der Waals surface area (Å²) in [6, 6.07) is 14.6. The molecule has 2 aromatic carbocycles. The molecule has 0 aromatic heterocycles. The molecule has 1 aliphatic carbocycles. The van der Waals surface area contributed by atoms with Gasteiger partial charge in [-0.15, -0.1) is 0 Å². The second-order valence-corrected chi connectivity index (χ2v) is 9.20. The molecule has 28 heavy (non-hydrogen) atoms. The molecule has 0 fully saturated rings. The van der Waals surface area contributed by atoms with Crippen molar-refractivity contribution >= 4 is 17.6 Å². The Bertz CT molecular complexity index is 899. The van der Waals surface area contributed by atoms with E-state index in [1.54, 1.807) is 0 Å². The van der Waals surface area contributed by atoms with E-state index in [1.165, 1.54) is 35.1 Å². The van der Waals surface area contributed by atoms with Crippen molar-refractivity contribution in [1.82, 2.24) is 0 Å². The summed E-state index contributed by atoms with van der Waals surface area (Å²) in [5.74, 6) is -0.269. The molecular weight excluding hydrogens is 344 g/mol. The molecule has 0 spiro atoms. The van der Waals surface area contributed by atoms with Crippen LogP contribution in [0.3, 0.4) is 0 Å². The van der Waals surface area contributed by atoms with Crippen LogP contribution in [0.4, 0.5) is 0 Å². The van der Waals surface area contributed by atoms with Crippen LogP contribution in [-0.2, 0) is 15.6 Å². The molecule has 0 saturated heterocycles. The number of fused-ring (bicyclic) bond motifs is 1. The maximum absolute atomic E-state index is 11.8. The Balaban J connectivity index is 1.91. The van der Waals surface area contributed by atoms with Crippen LogP contribution in [0.1, 0.15) is 87.0 Å². The summed E-state index contributed by atoms with van der Waals surface area (Å²) >= 11 is 0. The van der Waals surface area contributed by atoms with Gasteiger partial charge >= 0.3 is 5.97 Å². The summed E-state index contributed by atoms with van der Waals surface area (Å²) < 4.78 is 5.05. The molecule has 0 unspecified atom stereocenters. The molecule has 0 heterocycles. The first-order valence-corrected chi connectivity index (χ1v) is 10.2. The fraction of sp³-hybridized carbons (Fsp3) is 0.423. The molecule has 0 saturated carbocycles. The lowest BCUT2D eigenvalue weighted by Gasteiger charge is -2.42. The van der Waals surface area contributed by atoms with Gasteiger partial charge in [0.1, 0.15) is 0 Å². The Kier molecular flexibility index (Phi) is 5.52. The third-order valence-electron chi connectivity index (χ3n) is 6.11. The SMILES string of the molecule is CCOC(=O)c1ccc(/C=C(/C)c2ccc3c(c2)C(C)(C)CCC3(C)C)cc1. The number of esters is 1. The van der Waals surface area contributed by atoms with Crippen molar-refractivity contribution in [3.63, 3.8) is 0 Å². The number of carbonyl (C=O) groups excluding carboxylic acids is 1. The minimum atomic E-state index is -0.269. The van der Waals surface area contributed by atoms with Crippen LogP contribution in [0.2, 0.25) is 0 Å². The van der Waals surface area contributed by atoms with E-state index in [0.717, 1.165) is 5.56 Å². The van der Waals surface area contributed by atoms with Gasteiger partial charge in [0.2, 0.25) is 0 Å². The van der Waals surface area contributed by atoms with Crippen LogP contribution < -0.4 is 0 Å². The zero-order chi connectivity index (χ0) is 20.5. The molecule has 148 valence electrons. The lowest BCUT2D eigenvalue weighted by atomic mass is 9.63. The minimum absolute atomic E-state index is 0.211. The zero-order valence-electron chi connectivity index (χ0n) is 18.1. The zero-order valence-corrected chi connectivity index (χ0v) is 18.1. The highest BCUT2D eigenvalue weighted by Crippen LogP contribution is 2.46. The summed E-state index contributed by atoms with van der Waals surface area (Å²) in [6.07, 6.45) is 4.63. The van der Waals surface area contributed by atoms with Gasteiger partial charge in [0, 0.05) is 0 Å². The van der Waals surface area contributed by atoms with Gasteiger partial charge in [0.15, 0.2) is 0 Å². The molecule has 0 amide bonds. The number of rotatable bonds is 4. The first kappa shape index (κ1) is 20.4. The van der Waals surface area contributed by atoms with Crippen LogP contribution >= 0.6 is 0 Å². The third-order valence-corrected chi connectivity index (χ3v) is 6.11. The van der Waals surface area contributed by atoms with E-state index in [9.17, 15) is 4.79 Å². The van der Waals surface area contributed by atoms with Crippen LogP contribution in [0.25, 0.3) is 11.6 Å². The largest absolute Gasteiger partial charge is 0.462 e. The second-order valence-electron chi connectivity index (χ2n) is 9.20. The van der Waals surface area contributed by atoms with Gasteiger partial charge in [-0.05, 0) is 77.5 Å². The first-order chi connectivity index (χ1) is 13.1. The van der Waals surface area contributed by atoms with Crippen molar-refractivity contribution in [2.24, 2.45) is 0 Å². The highest BCUT2D eigenvalue weighted by atomic mass is 16.5. The van der Waals surface area contributed by atoms with Crippen LogP contribution in [0.15, 0.2) is 42.5 Å². The maximum atomic E-state index is 11.8. The van der Waals surface area contributed by atoms with E-state index in [4.69, 9.17) is 4.74 Å². The topological polar surface area (TPSA) is 26.3 Å². The molecule has 0 N–H and O–H groups in total. The Hall–Kier alpha value is -2.35. The Morgan fingerprint density at radius 3 is 2.11 bits per heavy atom. The number of carbonyl (C=O) groups is 1. The van der Waals surface area contributed by atoms with E-state index in [0.29, 0.717) is 12.2 Å². The van der Waals surface area contributed by atoms with Crippen molar-refractivity contribution in [1.29, 1.82) is 0 Å². The summed E-state index contributed by atoms with van der Waals surface area (Å²) in [6.45, 7) is 13.8. The molecule has 0 bridgehead atoms. The van der Waals surface area contributed by atoms with E-state index < -0.39 is 0 Å². The molecule has 1 aliphatic rings. The van der Waals surface area contributed by atoms with E-state index >= 15 is 0 Å². The minimum Gasteiger partial charge on any atom is -0.462 e. The fourth-order valence-corrected chi connectivity index (χ4v) is 4.10. The normalized spacial score (nSPS) is 17.7. The Morgan fingerprint density at radius 2 is 1.50 bits per heavy atom. The quantitative estimate of drug-likeness (QED) is 0.434. The smallest absolute Gasteiger partial charge is 0.338 e. The standard InChI is InChI=1S/C26H32O2/c1-7-28-24(27)20-10-8-19(9-11-20)16-18(2)21-12-13-22-23(17-21)26(5,6)15-14-25(22,3)4/h8-13,16-17H,7,14-15H2,1-6H3/b18-16-. The number of benzene rings is 2. The van der Waals surface area contributed by atoms with Crippen molar-refractivity contribution in [3.05, 3.63) is 70.3 Å². The third kappa shape index (κ3) is 4.06. The van der Waals surface area contributed by atoms with Gasteiger partial charge in [-0.25, -0.2) is 4.79 Å². The average molecular weight is 377 g/mol. The molecule has 2 nitrogen and oxygen atoms in total. The predicted molar refractivity (Wildman–Crippen MR) is 118 cm³/mol. The fourth-order valence-electron chi connectivity index (χ4n) is 4.10. The van der Waals surface area contributed by atoms with Gasteiger partial charge in [-0.2, -0.15) is 0 Å². The van der Waals surface area contributed by atoms with Crippen LogP contribution in [0, 0.1) is 0 Å². The lowest BCUT2D eigenvalue weighted by molar-refractivity contribution is 0.0526.